The summed E-state index contributed by atoms with van der Waals surface area (Å²) in [5, 5.41) is 3.74. The summed E-state index contributed by atoms with van der Waals surface area (Å²) in [4.78, 5) is 2.41. The minimum Gasteiger partial charge on any atom is -0.308 e. The van der Waals surface area contributed by atoms with Gasteiger partial charge < -0.3 is 5.32 Å². The molecule has 112 valence electrons. The second-order valence-electron chi connectivity index (χ2n) is 6.68. The Balaban J connectivity index is 2.05. The van der Waals surface area contributed by atoms with E-state index in [1.807, 2.05) is 0 Å². The van der Waals surface area contributed by atoms with Crippen LogP contribution in [0.15, 0.2) is 0 Å². The van der Waals surface area contributed by atoms with E-state index in [2.05, 4.69) is 24.1 Å². The molecule has 2 fully saturated rings. The molecule has 1 aliphatic carbocycles. The van der Waals surface area contributed by atoms with Crippen molar-refractivity contribution in [2.45, 2.75) is 63.6 Å². The second kappa shape index (κ2) is 5.70. The number of nitrogens with zero attached hydrogens (tertiary/aromatic N) is 1. The van der Waals surface area contributed by atoms with Gasteiger partial charge in [-0.2, -0.15) is 0 Å². The van der Waals surface area contributed by atoms with Gasteiger partial charge in [-0.1, -0.05) is 19.3 Å². The number of hydrogen-bond donors (Lipinski definition) is 1. The maximum absolute atomic E-state index is 11.5. The third kappa shape index (κ3) is 3.92. The second-order valence-corrected chi connectivity index (χ2v) is 8.87. The van der Waals surface area contributed by atoms with E-state index in [9.17, 15) is 8.42 Å². The lowest BCUT2D eigenvalue weighted by Crippen LogP contribution is -2.66. The standard InChI is InChI=1S/C14H28N2O2S/c1-12-9-15-14(7-5-4-6-8-14)11-16(12)13(2)10-19(3,17)18/h12-13,15H,4-11H2,1-3H3. The molecule has 2 unspecified atom stereocenters. The zero-order valence-corrected chi connectivity index (χ0v) is 13.3. The van der Waals surface area contributed by atoms with Crippen molar-refractivity contribution >= 4 is 9.84 Å². The highest BCUT2D eigenvalue weighted by Gasteiger charge is 2.40. The summed E-state index contributed by atoms with van der Waals surface area (Å²) in [6.45, 7) is 6.24. The number of piperazine rings is 1. The molecule has 19 heavy (non-hydrogen) atoms. The number of hydrogen-bond acceptors (Lipinski definition) is 4. The predicted octanol–water partition coefficient (Wildman–Crippen LogP) is 1.42. The maximum Gasteiger partial charge on any atom is 0.148 e. The van der Waals surface area contributed by atoms with Crippen molar-refractivity contribution in [2.75, 3.05) is 25.1 Å². The Hall–Kier alpha value is -0.130. The monoisotopic (exact) mass is 288 g/mol. The maximum atomic E-state index is 11.5. The fourth-order valence-corrected chi connectivity index (χ4v) is 4.80. The van der Waals surface area contributed by atoms with Crippen molar-refractivity contribution in [3.63, 3.8) is 0 Å². The van der Waals surface area contributed by atoms with Crippen LogP contribution in [0.1, 0.15) is 46.0 Å². The lowest BCUT2D eigenvalue weighted by atomic mass is 9.79. The zero-order chi connectivity index (χ0) is 14.1. The minimum absolute atomic E-state index is 0.117. The minimum atomic E-state index is -2.90. The Bertz CT molecular complexity index is 402. The molecule has 5 heteroatoms. The van der Waals surface area contributed by atoms with Gasteiger partial charge in [-0.25, -0.2) is 8.42 Å². The number of rotatable bonds is 3. The molecule has 2 rings (SSSR count). The number of sulfone groups is 1. The average Bonchev–Trinajstić information content (AvgIpc) is 2.32. The van der Waals surface area contributed by atoms with Crippen LogP contribution in [0.5, 0.6) is 0 Å². The molecule has 1 N–H and O–H groups in total. The van der Waals surface area contributed by atoms with Crippen molar-refractivity contribution in [2.24, 2.45) is 0 Å². The summed E-state index contributed by atoms with van der Waals surface area (Å²) in [6, 6.07) is 0.537. The SMILES string of the molecule is CC1CNC2(CCCCC2)CN1C(C)CS(C)(=O)=O. The molecular formula is C14H28N2O2S. The van der Waals surface area contributed by atoms with E-state index in [1.54, 1.807) is 0 Å². The predicted molar refractivity (Wildman–Crippen MR) is 79.2 cm³/mol. The first-order valence-electron chi connectivity index (χ1n) is 7.50. The summed E-state index contributed by atoms with van der Waals surface area (Å²) in [7, 11) is -2.90. The van der Waals surface area contributed by atoms with Crippen LogP contribution in [-0.4, -0.2) is 56.0 Å². The normalized spacial score (nSPS) is 30.4. The average molecular weight is 288 g/mol. The van der Waals surface area contributed by atoms with Crippen LogP contribution in [0.3, 0.4) is 0 Å². The molecule has 2 atom stereocenters. The zero-order valence-electron chi connectivity index (χ0n) is 12.5. The molecule has 1 spiro atoms. The Morgan fingerprint density at radius 3 is 2.53 bits per heavy atom. The first-order chi connectivity index (χ1) is 8.81. The van der Waals surface area contributed by atoms with Gasteiger partial charge in [0.05, 0.1) is 5.75 Å². The highest BCUT2D eigenvalue weighted by Crippen LogP contribution is 2.32. The van der Waals surface area contributed by atoms with Crippen molar-refractivity contribution in [3.05, 3.63) is 0 Å². The Morgan fingerprint density at radius 1 is 1.32 bits per heavy atom. The van der Waals surface area contributed by atoms with Crippen LogP contribution in [0.25, 0.3) is 0 Å². The van der Waals surface area contributed by atoms with E-state index < -0.39 is 9.84 Å². The largest absolute Gasteiger partial charge is 0.308 e. The fourth-order valence-electron chi connectivity index (χ4n) is 3.73. The van der Waals surface area contributed by atoms with Crippen LogP contribution in [0.2, 0.25) is 0 Å². The molecule has 4 nitrogen and oxygen atoms in total. The van der Waals surface area contributed by atoms with Crippen LogP contribution in [0.4, 0.5) is 0 Å². The van der Waals surface area contributed by atoms with Crippen molar-refractivity contribution in [1.29, 1.82) is 0 Å². The molecule has 2 aliphatic rings. The molecule has 0 aromatic carbocycles. The highest BCUT2D eigenvalue weighted by atomic mass is 32.2. The molecule has 1 saturated carbocycles. The van der Waals surface area contributed by atoms with Crippen molar-refractivity contribution in [1.82, 2.24) is 10.2 Å². The molecule has 0 bridgehead atoms. The molecule has 1 aliphatic heterocycles. The van der Waals surface area contributed by atoms with Gasteiger partial charge in [-0.3, -0.25) is 4.90 Å². The van der Waals surface area contributed by atoms with E-state index in [1.165, 1.54) is 38.4 Å². The molecule has 0 radical (unpaired) electrons. The highest BCUT2D eigenvalue weighted by molar-refractivity contribution is 7.90. The van der Waals surface area contributed by atoms with Gasteiger partial charge in [0.15, 0.2) is 0 Å². The molecule has 0 aromatic rings. The van der Waals surface area contributed by atoms with Crippen LogP contribution >= 0.6 is 0 Å². The van der Waals surface area contributed by atoms with E-state index in [-0.39, 0.29) is 17.3 Å². The molecule has 1 saturated heterocycles. The van der Waals surface area contributed by atoms with Gasteiger partial charge in [0, 0.05) is 37.0 Å². The summed E-state index contributed by atoms with van der Waals surface area (Å²) in [5.74, 6) is 0.271. The van der Waals surface area contributed by atoms with Crippen molar-refractivity contribution in [3.8, 4) is 0 Å². The van der Waals surface area contributed by atoms with E-state index in [0.29, 0.717) is 6.04 Å². The summed E-state index contributed by atoms with van der Waals surface area (Å²) < 4.78 is 23.0. The quantitative estimate of drug-likeness (QED) is 0.853. The van der Waals surface area contributed by atoms with E-state index >= 15 is 0 Å². The van der Waals surface area contributed by atoms with Gasteiger partial charge in [-0.05, 0) is 26.7 Å². The summed E-state index contributed by atoms with van der Waals surface area (Å²) in [5.41, 5.74) is 0.247. The van der Waals surface area contributed by atoms with Gasteiger partial charge in [0.25, 0.3) is 0 Å². The molecule has 1 heterocycles. The smallest absolute Gasteiger partial charge is 0.148 e. The fraction of sp³-hybridized carbons (Fsp3) is 1.00. The Kier molecular flexibility index (Phi) is 4.58. The molecule has 0 aromatic heterocycles. The van der Waals surface area contributed by atoms with E-state index in [0.717, 1.165) is 13.1 Å². The van der Waals surface area contributed by atoms with Crippen molar-refractivity contribution < 1.29 is 8.42 Å². The van der Waals surface area contributed by atoms with Crippen LogP contribution in [0, 0.1) is 0 Å². The van der Waals surface area contributed by atoms with Crippen LogP contribution in [-0.2, 0) is 9.84 Å². The topological polar surface area (TPSA) is 49.4 Å². The first-order valence-corrected chi connectivity index (χ1v) is 9.56. The molecule has 0 amide bonds. The van der Waals surface area contributed by atoms with Gasteiger partial charge in [-0.15, -0.1) is 0 Å². The Morgan fingerprint density at radius 2 is 1.95 bits per heavy atom. The summed E-state index contributed by atoms with van der Waals surface area (Å²) >= 11 is 0. The van der Waals surface area contributed by atoms with Crippen LogP contribution < -0.4 is 5.32 Å². The lowest BCUT2D eigenvalue weighted by Gasteiger charge is -2.50. The summed E-state index contributed by atoms with van der Waals surface area (Å²) in [6.07, 6.45) is 7.76. The third-order valence-electron chi connectivity index (χ3n) is 4.74. The first kappa shape index (κ1) is 15.3. The van der Waals surface area contributed by atoms with E-state index in [4.69, 9.17) is 0 Å². The van der Waals surface area contributed by atoms with Gasteiger partial charge in [0.1, 0.15) is 9.84 Å². The Labute approximate surface area is 117 Å². The molecular weight excluding hydrogens is 260 g/mol. The van der Waals surface area contributed by atoms with Gasteiger partial charge in [0.2, 0.25) is 0 Å². The lowest BCUT2D eigenvalue weighted by molar-refractivity contribution is 0.0421. The van der Waals surface area contributed by atoms with Gasteiger partial charge >= 0.3 is 0 Å². The number of nitrogens with one attached hydrogen (secondary N) is 1. The third-order valence-corrected chi connectivity index (χ3v) is 5.83.